The normalized spacial score (nSPS) is 26.5. The minimum atomic E-state index is -0.807. The van der Waals surface area contributed by atoms with Gasteiger partial charge in [0.15, 0.2) is 5.16 Å². The van der Waals surface area contributed by atoms with Gasteiger partial charge in [-0.2, -0.15) is 0 Å². The van der Waals surface area contributed by atoms with Gasteiger partial charge in [-0.05, 0) is 42.9 Å². The monoisotopic (exact) mass is 365 g/mol. The van der Waals surface area contributed by atoms with Gasteiger partial charge in [0.1, 0.15) is 5.82 Å². The first kappa shape index (κ1) is 16.5. The molecule has 2 saturated carbocycles. The minimum absolute atomic E-state index is 0.0358. The standard InChI is InChI=1S/C17H23N3O2S2/c1-9(2)15-18-19-17(23-8-13(21)22)20(15)16-12-5-3-4-11(12)14(24-16)10-6-7-10/h9-10,12,16H,3-8H2,1-2H3,(H,21,22). The number of hydrogen-bond acceptors (Lipinski definition) is 5. The van der Waals surface area contributed by atoms with Gasteiger partial charge in [-0.1, -0.05) is 31.2 Å². The Hall–Kier alpha value is -0.950. The van der Waals surface area contributed by atoms with Crippen molar-refractivity contribution in [2.75, 3.05) is 5.75 Å². The number of allylic oxidation sites excluding steroid dienone is 2. The van der Waals surface area contributed by atoms with Crippen molar-refractivity contribution in [1.29, 1.82) is 0 Å². The van der Waals surface area contributed by atoms with E-state index >= 15 is 0 Å². The molecule has 2 heterocycles. The number of fused-ring (bicyclic) bond motifs is 1. The molecule has 2 fully saturated rings. The summed E-state index contributed by atoms with van der Waals surface area (Å²) in [6.07, 6.45) is 6.44. The Bertz CT molecular complexity index is 694. The number of carbonyl (C=O) groups is 1. The molecular weight excluding hydrogens is 342 g/mol. The van der Waals surface area contributed by atoms with E-state index < -0.39 is 5.97 Å². The highest BCUT2D eigenvalue weighted by molar-refractivity contribution is 8.03. The highest BCUT2D eigenvalue weighted by Crippen LogP contribution is 2.62. The summed E-state index contributed by atoms with van der Waals surface area (Å²) in [5, 5.41) is 18.9. The van der Waals surface area contributed by atoms with Gasteiger partial charge < -0.3 is 5.11 Å². The van der Waals surface area contributed by atoms with Crippen LogP contribution < -0.4 is 0 Å². The van der Waals surface area contributed by atoms with Gasteiger partial charge in [0.25, 0.3) is 0 Å². The summed E-state index contributed by atoms with van der Waals surface area (Å²) in [4.78, 5) is 12.6. The quantitative estimate of drug-likeness (QED) is 0.759. The topological polar surface area (TPSA) is 68.0 Å². The lowest BCUT2D eigenvalue weighted by molar-refractivity contribution is -0.133. The van der Waals surface area contributed by atoms with Crippen LogP contribution in [0.25, 0.3) is 0 Å². The summed E-state index contributed by atoms with van der Waals surface area (Å²) < 4.78 is 2.26. The number of thioether (sulfide) groups is 2. The van der Waals surface area contributed by atoms with Crippen LogP contribution >= 0.6 is 23.5 Å². The maximum Gasteiger partial charge on any atom is 0.313 e. The Labute approximate surface area is 150 Å². The van der Waals surface area contributed by atoms with Crippen LogP contribution in [0.3, 0.4) is 0 Å². The molecule has 2 aliphatic carbocycles. The van der Waals surface area contributed by atoms with Gasteiger partial charge in [-0.3, -0.25) is 9.36 Å². The molecule has 5 nitrogen and oxygen atoms in total. The van der Waals surface area contributed by atoms with Crippen LogP contribution in [0, 0.1) is 11.8 Å². The van der Waals surface area contributed by atoms with Crippen molar-refractivity contribution in [3.05, 3.63) is 16.3 Å². The summed E-state index contributed by atoms with van der Waals surface area (Å²) in [5.41, 5.74) is 1.69. The van der Waals surface area contributed by atoms with Gasteiger partial charge in [0.2, 0.25) is 0 Å². The van der Waals surface area contributed by atoms with Crippen molar-refractivity contribution in [1.82, 2.24) is 14.8 Å². The number of aromatic nitrogens is 3. The molecule has 0 spiro atoms. The first-order valence-corrected chi connectivity index (χ1v) is 10.6. The van der Waals surface area contributed by atoms with Crippen molar-refractivity contribution in [2.24, 2.45) is 11.8 Å². The maximum absolute atomic E-state index is 11.0. The van der Waals surface area contributed by atoms with E-state index in [1.807, 2.05) is 11.8 Å². The molecule has 0 amide bonds. The van der Waals surface area contributed by atoms with Crippen LogP contribution in [0.5, 0.6) is 0 Å². The fourth-order valence-electron chi connectivity index (χ4n) is 3.86. The summed E-state index contributed by atoms with van der Waals surface area (Å²) >= 11 is 3.31. The number of carboxylic acid groups (broad SMARTS) is 1. The highest BCUT2D eigenvalue weighted by Gasteiger charge is 2.45. The third kappa shape index (κ3) is 2.90. The largest absolute Gasteiger partial charge is 0.481 e. The van der Waals surface area contributed by atoms with E-state index in [1.54, 1.807) is 10.5 Å². The zero-order chi connectivity index (χ0) is 16.8. The lowest BCUT2D eigenvalue weighted by atomic mass is 10.0. The second-order valence-electron chi connectivity index (χ2n) is 7.22. The predicted octanol–water partition coefficient (Wildman–Crippen LogP) is 4.29. The lowest BCUT2D eigenvalue weighted by Gasteiger charge is -2.23. The lowest BCUT2D eigenvalue weighted by Crippen LogP contribution is -2.17. The van der Waals surface area contributed by atoms with Gasteiger partial charge in [-0.15, -0.1) is 22.0 Å². The molecule has 1 aromatic heterocycles. The van der Waals surface area contributed by atoms with Gasteiger partial charge >= 0.3 is 5.97 Å². The Balaban J connectivity index is 1.68. The number of hydrogen-bond donors (Lipinski definition) is 1. The van der Waals surface area contributed by atoms with E-state index in [1.165, 1.54) is 43.9 Å². The van der Waals surface area contributed by atoms with Crippen LogP contribution in [-0.2, 0) is 4.79 Å². The molecule has 2 atom stereocenters. The van der Waals surface area contributed by atoms with E-state index in [0.717, 1.165) is 16.9 Å². The molecule has 2 unspecified atom stereocenters. The molecule has 7 heteroatoms. The molecule has 1 N–H and O–H groups in total. The SMILES string of the molecule is CC(C)c1nnc(SCC(=O)O)n1C1SC(C2CC2)=C2CCCC21. The third-order valence-corrected chi connectivity index (χ3v) is 7.61. The summed E-state index contributed by atoms with van der Waals surface area (Å²) in [6.45, 7) is 4.27. The fourth-order valence-corrected chi connectivity index (χ4v) is 6.50. The Morgan fingerprint density at radius 1 is 1.38 bits per heavy atom. The molecule has 3 aliphatic rings. The van der Waals surface area contributed by atoms with Gasteiger partial charge in [-0.25, -0.2) is 0 Å². The number of carboxylic acids is 1. The first-order chi connectivity index (χ1) is 11.6. The van der Waals surface area contributed by atoms with Gasteiger partial charge in [0, 0.05) is 11.8 Å². The molecule has 130 valence electrons. The van der Waals surface area contributed by atoms with Crippen molar-refractivity contribution >= 4 is 29.5 Å². The maximum atomic E-state index is 11.0. The molecule has 4 rings (SSSR count). The molecule has 0 saturated heterocycles. The van der Waals surface area contributed by atoms with E-state index in [0.29, 0.717) is 11.3 Å². The average molecular weight is 366 g/mol. The molecule has 1 aliphatic heterocycles. The Morgan fingerprint density at radius 3 is 2.83 bits per heavy atom. The third-order valence-electron chi connectivity index (χ3n) is 5.05. The van der Waals surface area contributed by atoms with Crippen LogP contribution in [0.15, 0.2) is 15.6 Å². The Kier molecular flexibility index (Phi) is 4.41. The molecule has 0 radical (unpaired) electrons. The van der Waals surface area contributed by atoms with Crippen molar-refractivity contribution in [3.63, 3.8) is 0 Å². The predicted molar refractivity (Wildman–Crippen MR) is 96.2 cm³/mol. The smallest absolute Gasteiger partial charge is 0.313 e. The zero-order valence-electron chi connectivity index (χ0n) is 14.1. The molecule has 24 heavy (non-hydrogen) atoms. The zero-order valence-corrected chi connectivity index (χ0v) is 15.7. The van der Waals surface area contributed by atoms with Crippen LogP contribution in [-0.4, -0.2) is 31.6 Å². The molecular formula is C17H23N3O2S2. The molecule has 0 aromatic carbocycles. The summed E-state index contributed by atoms with van der Waals surface area (Å²) in [7, 11) is 0. The summed E-state index contributed by atoms with van der Waals surface area (Å²) in [6, 6.07) is 0. The number of rotatable bonds is 6. The van der Waals surface area contributed by atoms with Crippen LogP contribution in [0.2, 0.25) is 0 Å². The van der Waals surface area contributed by atoms with E-state index in [-0.39, 0.29) is 11.7 Å². The second-order valence-corrected chi connectivity index (χ2v) is 9.32. The van der Waals surface area contributed by atoms with Crippen LogP contribution in [0.4, 0.5) is 0 Å². The summed E-state index contributed by atoms with van der Waals surface area (Å²) in [5.74, 6) is 1.88. The van der Waals surface area contributed by atoms with Crippen molar-refractivity contribution in [2.45, 2.75) is 62.4 Å². The second kappa shape index (κ2) is 6.41. The Morgan fingerprint density at radius 2 is 2.17 bits per heavy atom. The van der Waals surface area contributed by atoms with E-state index in [9.17, 15) is 4.79 Å². The van der Waals surface area contributed by atoms with Crippen molar-refractivity contribution < 1.29 is 9.90 Å². The first-order valence-electron chi connectivity index (χ1n) is 8.75. The molecule has 1 aromatic rings. The fraction of sp³-hybridized carbons (Fsp3) is 0.706. The van der Waals surface area contributed by atoms with Crippen molar-refractivity contribution in [3.8, 4) is 0 Å². The van der Waals surface area contributed by atoms with E-state index in [4.69, 9.17) is 5.11 Å². The van der Waals surface area contributed by atoms with Crippen LogP contribution in [0.1, 0.15) is 63.1 Å². The number of aliphatic carboxylic acids is 1. The average Bonchev–Trinajstić information content (AvgIpc) is 2.97. The minimum Gasteiger partial charge on any atom is -0.481 e. The number of nitrogens with zero attached hydrogens (tertiary/aromatic N) is 3. The van der Waals surface area contributed by atoms with Gasteiger partial charge in [0.05, 0.1) is 11.1 Å². The molecule has 0 bridgehead atoms. The van der Waals surface area contributed by atoms with E-state index in [2.05, 4.69) is 28.6 Å². The highest BCUT2D eigenvalue weighted by atomic mass is 32.2.